The Balaban J connectivity index is 2.01. The first kappa shape index (κ1) is 13.3. The fourth-order valence-electron chi connectivity index (χ4n) is 1.80. The van der Waals surface area contributed by atoms with E-state index in [0.29, 0.717) is 0 Å². The van der Waals surface area contributed by atoms with Crippen LogP contribution in [0, 0.1) is 0 Å². The van der Waals surface area contributed by atoms with Crippen molar-refractivity contribution in [2.45, 2.75) is 19.3 Å². The standard InChI is InChI=1S/C11H23N3O2/c1-13(6-3-2-4-10-15)8-9-14-7-5-12-11(14)16/h15H,2-10H2,1H3,(H,12,16). The van der Waals surface area contributed by atoms with Gasteiger partial charge in [-0.15, -0.1) is 0 Å². The number of hydrogen-bond donors (Lipinski definition) is 2. The third kappa shape index (κ3) is 4.81. The van der Waals surface area contributed by atoms with E-state index in [9.17, 15) is 4.79 Å². The minimum absolute atomic E-state index is 0.0636. The highest BCUT2D eigenvalue weighted by molar-refractivity contribution is 5.76. The smallest absolute Gasteiger partial charge is 0.317 e. The van der Waals surface area contributed by atoms with E-state index in [2.05, 4.69) is 17.3 Å². The fraction of sp³-hybridized carbons (Fsp3) is 0.909. The van der Waals surface area contributed by atoms with E-state index in [0.717, 1.165) is 52.0 Å². The molecule has 1 aliphatic heterocycles. The van der Waals surface area contributed by atoms with Crippen molar-refractivity contribution < 1.29 is 9.90 Å². The van der Waals surface area contributed by atoms with Crippen molar-refractivity contribution in [3.63, 3.8) is 0 Å². The number of hydrogen-bond acceptors (Lipinski definition) is 3. The van der Waals surface area contributed by atoms with Crippen LogP contribution in [0.15, 0.2) is 0 Å². The van der Waals surface area contributed by atoms with Gasteiger partial charge in [-0.05, 0) is 32.9 Å². The van der Waals surface area contributed by atoms with Gasteiger partial charge in [0.1, 0.15) is 0 Å². The van der Waals surface area contributed by atoms with Crippen molar-refractivity contribution in [2.75, 3.05) is 46.4 Å². The lowest BCUT2D eigenvalue weighted by Crippen LogP contribution is -2.35. The molecular weight excluding hydrogens is 206 g/mol. The van der Waals surface area contributed by atoms with Gasteiger partial charge in [0, 0.05) is 32.8 Å². The Hall–Kier alpha value is -0.810. The summed E-state index contributed by atoms with van der Waals surface area (Å²) >= 11 is 0. The molecular formula is C11H23N3O2. The second kappa shape index (κ2) is 7.46. The van der Waals surface area contributed by atoms with Gasteiger partial charge in [-0.25, -0.2) is 4.79 Å². The number of aliphatic hydroxyl groups excluding tert-OH is 1. The Morgan fingerprint density at radius 1 is 1.38 bits per heavy atom. The van der Waals surface area contributed by atoms with Crippen LogP contribution in [0.5, 0.6) is 0 Å². The summed E-state index contributed by atoms with van der Waals surface area (Å²) in [4.78, 5) is 15.3. The molecule has 5 heteroatoms. The molecule has 0 unspecified atom stereocenters. The van der Waals surface area contributed by atoms with Crippen molar-refractivity contribution in [1.82, 2.24) is 15.1 Å². The molecule has 1 rings (SSSR count). The van der Waals surface area contributed by atoms with Crippen LogP contribution in [0.1, 0.15) is 19.3 Å². The fourth-order valence-corrected chi connectivity index (χ4v) is 1.80. The topological polar surface area (TPSA) is 55.8 Å². The Kier molecular flexibility index (Phi) is 6.18. The highest BCUT2D eigenvalue weighted by Gasteiger charge is 2.18. The molecule has 0 radical (unpaired) electrons. The zero-order valence-electron chi connectivity index (χ0n) is 10.1. The Bertz CT molecular complexity index is 211. The molecule has 1 aliphatic rings. The molecule has 2 amide bonds. The molecule has 0 aromatic heterocycles. The zero-order valence-corrected chi connectivity index (χ0v) is 10.1. The number of rotatable bonds is 8. The molecule has 0 aromatic rings. The van der Waals surface area contributed by atoms with Gasteiger partial charge in [0.05, 0.1) is 0 Å². The molecule has 0 spiro atoms. The van der Waals surface area contributed by atoms with Gasteiger partial charge in [-0.1, -0.05) is 0 Å². The molecule has 0 atom stereocenters. The third-order valence-electron chi connectivity index (χ3n) is 2.89. The van der Waals surface area contributed by atoms with Crippen molar-refractivity contribution in [1.29, 1.82) is 0 Å². The molecule has 1 saturated heterocycles. The van der Waals surface area contributed by atoms with Crippen molar-refractivity contribution in [3.05, 3.63) is 0 Å². The summed E-state index contributed by atoms with van der Waals surface area (Å²) in [5, 5.41) is 11.4. The van der Waals surface area contributed by atoms with E-state index < -0.39 is 0 Å². The lowest BCUT2D eigenvalue weighted by molar-refractivity contribution is 0.207. The average Bonchev–Trinajstić information content (AvgIpc) is 2.67. The van der Waals surface area contributed by atoms with Crippen molar-refractivity contribution in [2.24, 2.45) is 0 Å². The van der Waals surface area contributed by atoms with Gasteiger partial charge in [-0.3, -0.25) is 0 Å². The Morgan fingerprint density at radius 3 is 2.81 bits per heavy atom. The summed E-state index contributed by atoms with van der Waals surface area (Å²) in [6.07, 6.45) is 3.08. The summed E-state index contributed by atoms with van der Waals surface area (Å²) in [7, 11) is 2.08. The van der Waals surface area contributed by atoms with Crippen LogP contribution in [-0.2, 0) is 0 Å². The maximum absolute atomic E-state index is 11.3. The number of nitrogens with one attached hydrogen (secondary N) is 1. The monoisotopic (exact) mass is 229 g/mol. The summed E-state index contributed by atoms with van der Waals surface area (Å²) in [5.41, 5.74) is 0. The van der Waals surface area contributed by atoms with Crippen LogP contribution in [0.3, 0.4) is 0 Å². The lowest BCUT2D eigenvalue weighted by Gasteiger charge is -2.20. The zero-order chi connectivity index (χ0) is 11.8. The predicted octanol–water partition coefficient (Wildman–Crippen LogP) is 0.106. The lowest BCUT2D eigenvalue weighted by atomic mass is 10.2. The molecule has 1 heterocycles. The SMILES string of the molecule is CN(CCCCCO)CCN1CCNC1=O. The van der Waals surface area contributed by atoms with Gasteiger partial charge in [0.2, 0.25) is 0 Å². The number of amides is 2. The van der Waals surface area contributed by atoms with Crippen LogP contribution in [-0.4, -0.2) is 67.3 Å². The third-order valence-corrected chi connectivity index (χ3v) is 2.89. The summed E-state index contributed by atoms with van der Waals surface area (Å²) in [5.74, 6) is 0. The van der Waals surface area contributed by atoms with E-state index in [1.807, 2.05) is 4.90 Å². The number of carbonyl (C=O) groups excluding carboxylic acids is 1. The highest BCUT2D eigenvalue weighted by Crippen LogP contribution is 1.99. The van der Waals surface area contributed by atoms with Crippen LogP contribution in [0.2, 0.25) is 0 Å². The van der Waals surface area contributed by atoms with Gasteiger partial charge >= 0.3 is 6.03 Å². The Morgan fingerprint density at radius 2 is 2.19 bits per heavy atom. The van der Waals surface area contributed by atoms with E-state index in [4.69, 9.17) is 5.11 Å². The molecule has 0 aliphatic carbocycles. The predicted molar refractivity (Wildman–Crippen MR) is 63.4 cm³/mol. The highest BCUT2D eigenvalue weighted by atomic mass is 16.2. The summed E-state index contributed by atoms with van der Waals surface area (Å²) < 4.78 is 0. The second-order valence-electron chi connectivity index (χ2n) is 4.31. The number of carbonyl (C=O) groups is 1. The first-order valence-corrected chi connectivity index (χ1v) is 6.06. The van der Waals surface area contributed by atoms with E-state index in [-0.39, 0.29) is 12.6 Å². The number of unbranched alkanes of at least 4 members (excludes halogenated alkanes) is 2. The van der Waals surface area contributed by atoms with Gasteiger partial charge in [-0.2, -0.15) is 0 Å². The van der Waals surface area contributed by atoms with Crippen LogP contribution in [0.25, 0.3) is 0 Å². The minimum Gasteiger partial charge on any atom is -0.396 e. The largest absolute Gasteiger partial charge is 0.396 e. The Labute approximate surface area is 97.4 Å². The maximum atomic E-state index is 11.3. The molecule has 94 valence electrons. The molecule has 5 nitrogen and oxygen atoms in total. The first-order chi connectivity index (χ1) is 7.74. The van der Waals surface area contributed by atoms with Crippen LogP contribution < -0.4 is 5.32 Å². The molecule has 16 heavy (non-hydrogen) atoms. The maximum Gasteiger partial charge on any atom is 0.317 e. The number of nitrogens with zero attached hydrogens (tertiary/aromatic N) is 2. The summed E-state index contributed by atoms with van der Waals surface area (Å²) in [6.45, 7) is 4.66. The van der Waals surface area contributed by atoms with Gasteiger partial charge in [0.25, 0.3) is 0 Å². The molecule has 2 N–H and O–H groups in total. The van der Waals surface area contributed by atoms with E-state index >= 15 is 0 Å². The molecule has 0 aromatic carbocycles. The van der Waals surface area contributed by atoms with E-state index in [1.54, 1.807) is 0 Å². The van der Waals surface area contributed by atoms with Crippen LogP contribution >= 0.6 is 0 Å². The second-order valence-corrected chi connectivity index (χ2v) is 4.31. The normalized spacial score (nSPS) is 15.9. The minimum atomic E-state index is 0.0636. The van der Waals surface area contributed by atoms with E-state index in [1.165, 1.54) is 0 Å². The summed E-state index contributed by atoms with van der Waals surface area (Å²) in [6, 6.07) is 0.0636. The van der Waals surface area contributed by atoms with Crippen molar-refractivity contribution in [3.8, 4) is 0 Å². The first-order valence-electron chi connectivity index (χ1n) is 6.06. The van der Waals surface area contributed by atoms with Gasteiger partial charge < -0.3 is 20.2 Å². The quantitative estimate of drug-likeness (QED) is 0.581. The molecule has 0 saturated carbocycles. The number of aliphatic hydroxyl groups is 1. The molecule has 1 fully saturated rings. The van der Waals surface area contributed by atoms with Gasteiger partial charge in [0.15, 0.2) is 0 Å². The van der Waals surface area contributed by atoms with Crippen molar-refractivity contribution >= 4 is 6.03 Å². The number of likely N-dealkylation sites (N-methyl/N-ethyl adjacent to an activating group) is 1. The number of urea groups is 1. The van der Waals surface area contributed by atoms with Crippen LogP contribution in [0.4, 0.5) is 4.79 Å². The molecule has 0 bridgehead atoms. The average molecular weight is 229 g/mol.